The van der Waals surface area contributed by atoms with Crippen LogP contribution in [0.3, 0.4) is 0 Å². The van der Waals surface area contributed by atoms with Crippen molar-refractivity contribution in [2.45, 2.75) is 37.6 Å². The minimum Gasteiger partial charge on any atom is -0.351 e. The van der Waals surface area contributed by atoms with Gasteiger partial charge in [-0.1, -0.05) is 37.7 Å². The Bertz CT molecular complexity index is 599. The van der Waals surface area contributed by atoms with Crippen molar-refractivity contribution >= 4 is 17.7 Å². The van der Waals surface area contributed by atoms with Gasteiger partial charge in [-0.15, -0.1) is 0 Å². The topological polar surface area (TPSA) is 54.9 Å². The van der Waals surface area contributed by atoms with Crippen molar-refractivity contribution in [3.63, 3.8) is 0 Å². The predicted molar refractivity (Wildman–Crippen MR) is 89.5 cm³/mol. The van der Waals surface area contributed by atoms with Gasteiger partial charge in [-0.05, 0) is 36.1 Å². The molecule has 22 heavy (non-hydrogen) atoms. The maximum absolute atomic E-state index is 12.4. The summed E-state index contributed by atoms with van der Waals surface area (Å²) in [6.07, 6.45) is 5.31. The molecule has 0 radical (unpaired) electrons. The van der Waals surface area contributed by atoms with Crippen LogP contribution in [0.1, 0.15) is 25.0 Å². The largest absolute Gasteiger partial charge is 0.351 e. The molecule has 0 aliphatic heterocycles. The summed E-state index contributed by atoms with van der Waals surface area (Å²) in [5.74, 6) is 0.258. The highest BCUT2D eigenvalue weighted by atomic mass is 32.2. The number of carbonyl (C=O) groups is 1. The number of aromatic nitrogens is 2. The summed E-state index contributed by atoms with van der Waals surface area (Å²) in [7, 11) is 0. The van der Waals surface area contributed by atoms with Gasteiger partial charge in [0.1, 0.15) is 0 Å². The number of nitrogens with zero attached hydrogens (tertiary/aromatic N) is 2. The van der Waals surface area contributed by atoms with Crippen LogP contribution in [0.25, 0.3) is 0 Å². The Morgan fingerprint density at radius 1 is 1.27 bits per heavy atom. The van der Waals surface area contributed by atoms with Gasteiger partial charge in [0.25, 0.3) is 0 Å². The molecular weight excluding hydrogens is 294 g/mol. The van der Waals surface area contributed by atoms with E-state index < -0.39 is 0 Å². The smallest absolute Gasteiger partial charge is 0.234 e. The van der Waals surface area contributed by atoms with Crippen molar-refractivity contribution in [1.29, 1.82) is 0 Å². The molecule has 1 atom stereocenters. The van der Waals surface area contributed by atoms with E-state index in [4.69, 9.17) is 0 Å². The normalized spacial score (nSPS) is 12.2. The van der Waals surface area contributed by atoms with E-state index in [0.29, 0.717) is 6.54 Å². The van der Waals surface area contributed by atoms with E-state index in [0.717, 1.165) is 16.2 Å². The first-order valence-corrected chi connectivity index (χ1v) is 8.20. The first-order valence-electron chi connectivity index (χ1n) is 7.32. The van der Waals surface area contributed by atoms with Crippen molar-refractivity contribution in [2.75, 3.05) is 0 Å². The molecule has 2 heterocycles. The molecule has 0 saturated carbocycles. The molecule has 2 rings (SSSR count). The quantitative estimate of drug-likeness (QED) is 0.832. The minimum absolute atomic E-state index is 0.0335. The summed E-state index contributed by atoms with van der Waals surface area (Å²) in [4.78, 5) is 20.9. The molecule has 0 saturated heterocycles. The Kier molecular flexibility index (Phi) is 5.95. The lowest BCUT2D eigenvalue weighted by atomic mass is 10.1. The fourth-order valence-corrected chi connectivity index (χ4v) is 2.92. The van der Waals surface area contributed by atoms with Gasteiger partial charge in [-0.2, -0.15) is 0 Å². The lowest BCUT2D eigenvalue weighted by molar-refractivity contribution is -0.121. The monoisotopic (exact) mass is 315 g/mol. The number of aryl methyl sites for hydroxylation is 1. The second kappa shape index (κ2) is 7.94. The summed E-state index contributed by atoms with van der Waals surface area (Å²) >= 11 is 1.51. The maximum Gasteiger partial charge on any atom is 0.234 e. The molecule has 0 fully saturated rings. The van der Waals surface area contributed by atoms with Crippen LogP contribution in [0.4, 0.5) is 0 Å². The number of carbonyl (C=O) groups excluding carboxylic acids is 1. The molecule has 0 spiro atoms. The third kappa shape index (κ3) is 4.84. The maximum atomic E-state index is 12.4. The number of hydrogen-bond donors (Lipinski definition) is 1. The second-order valence-electron chi connectivity index (χ2n) is 5.54. The van der Waals surface area contributed by atoms with Gasteiger partial charge >= 0.3 is 0 Å². The lowest BCUT2D eigenvalue weighted by Crippen LogP contribution is -2.35. The average Bonchev–Trinajstić information content (AvgIpc) is 2.52. The van der Waals surface area contributed by atoms with Gasteiger partial charge in [0, 0.05) is 25.1 Å². The highest BCUT2D eigenvalue weighted by Crippen LogP contribution is 2.27. The molecule has 5 heteroatoms. The standard InChI is InChI=1S/C17H21N3OS/c1-12(2)16(22-15-7-6-13(3)9-19-15)17(21)20-11-14-5-4-8-18-10-14/h4-10,12,16H,11H2,1-3H3,(H,20,21). The highest BCUT2D eigenvalue weighted by molar-refractivity contribution is 8.00. The Morgan fingerprint density at radius 3 is 2.68 bits per heavy atom. The van der Waals surface area contributed by atoms with Crippen molar-refractivity contribution in [2.24, 2.45) is 5.92 Å². The first-order chi connectivity index (χ1) is 10.6. The fraction of sp³-hybridized carbons (Fsp3) is 0.353. The number of nitrogens with one attached hydrogen (secondary N) is 1. The number of thioether (sulfide) groups is 1. The molecular formula is C17H21N3OS. The zero-order valence-corrected chi connectivity index (χ0v) is 13.9. The van der Waals surface area contributed by atoms with Crippen molar-refractivity contribution < 1.29 is 4.79 Å². The van der Waals surface area contributed by atoms with Crippen LogP contribution < -0.4 is 5.32 Å². The van der Waals surface area contributed by atoms with Gasteiger partial charge in [-0.25, -0.2) is 4.98 Å². The van der Waals surface area contributed by atoms with E-state index in [1.807, 2.05) is 37.4 Å². The van der Waals surface area contributed by atoms with E-state index in [1.54, 1.807) is 12.4 Å². The number of rotatable bonds is 6. The third-order valence-corrected chi connectivity index (χ3v) is 4.68. The third-order valence-electron chi connectivity index (χ3n) is 3.19. The van der Waals surface area contributed by atoms with Gasteiger partial charge in [0.05, 0.1) is 10.3 Å². The SMILES string of the molecule is Cc1ccc(SC(C(=O)NCc2cccnc2)C(C)C)nc1. The Balaban J connectivity index is 1.97. The van der Waals surface area contributed by atoms with Gasteiger partial charge in [0.15, 0.2) is 0 Å². The Morgan fingerprint density at radius 2 is 2.09 bits per heavy atom. The van der Waals surface area contributed by atoms with Crippen LogP contribution in [-0.2, 0) is 11.3 Å². The van der Waals surface area contributed by atoms with Crippen molar-refractivity contribution in [3.8, 4) is 0 Å². The summed E-state index contributed by atoms with van der Waals surface area (Å²) < 4.78 is 0. The molecule has 1 amide bonds. The van der Waals surface area contributed by atoms with E-state index >= 15 is 0 Å². The molecule has 4 nitrogen and oxygen atoms in total. The van der Waals surface area contributed by atoms with E-state index in [1.165, 1.54) is 11.8 Å². The summed E-state index contributed by atoms with van der Waals surface area (Å²) in [5, 5.41) is 3.70. The van der Waals surface area contributed by atoms with Crippen LogP contribution in [0, 0.1) is 12.8 Å². The van der Waals surface area contributed by atoms with Crippen LogP contribution in [0.5, 0.6) is 0 Å². The molecule has 1 N–H and O–H groups in total. The molecule has 0 aliphatic carbocycles. The minimum atomic E-state index is -0.160. The number of amides is 1. The van der Waals surface area contributed by atoms with Crippen LogP contribution in [-0.4, -0.2) is 21.1 Å². The zero-order chi connectivity index (χ0) is 15.9. The van der Waals surface area contributed by atoms with Crippen molar-refractivity contribution in [1.82, 2.24) is 15.3 Å². The van der Waals surface area contributed by atoms with Gasteiger partial charge < -0.3 is 5.32 Å². The second-order valence-corrected chi connectivity index (χ2v) is 6.70. The van der Waals surface area contributed by atoms with Crippen LogP contribution >= 0.6 is 11.8 Å². The van der Waals surface area contributed by atoms with E-state index in [-0.39, 0.29) is 17.1 Å². The summed E-state index contributed by atoms with van der Waals surface area (Å²) in [6.45, 7) is 6.60. The fourth-order valence-electron chi connectivity index (χ4n) is 1.94. The molecule has 0 aromatic carbocycles. The van der Waals surface area contributed by atoms with Gasteiger partial charge in [-0.3, -0.25) is 9.78 Å². The highest BCUT2D eigenvalue weighted by Gasteiger charge is 2.23. The predicted octanol–water partition coefficient (Wildman–Crippen LogP) is 3.22. The number of pyridine rings is 2. The molecule has 0 bridgehead atoms. The molecule has 116 valence electrons. The van der Waals surface area contributed by atoms with Crippen molar-refractivity contribution in [3.05, 3.63) is 54.0 Å². The summed E-state index contributed by atoms with van der Waals surface area (Å²) in [6, 6.07) is 7.79. The van der Waals surface area contributed by atoms with E-state index in [9.17, 15) is 4.79 Å². The number of hydrogen-bond acceptors (Lipinski definition) is 4. The first kappa shape index (κ1) is 16.5. The Hall–Kier alpha value is -1.88. The van der Waals surface area contributed by atoms with Crippen LogP contribution in [0.2, 0.25) is 0 Å². The van der Waals surface area contributed by atoms with E-state index in [2.05, 4.69) is 29.1 Å². The van der Waals surface area contributed by atoms with Gasteiger partial charge in [0.2, 0.25) is 5.91 Å². The summed E-state index contributed by atoms with van der Waals surface area (Å²) in [5.41, 5.74) is 2.11. The Labute approximate surface area is 135 Å². The molecule has 0 aliphatic rings. The lowest BCUT2D eigenvalue weighted by Gasteiger charge is -2.19. The average molecular weight is 315 g/mol. The molecule has 2 aromatic heterocycles. The van der Waals surface area contributed by atoms with Crippen LogP contribution in [0.15, 0.2) is 47.9 Å². The molecule has 2 aromatic rings. The molecule has 1 unspecified atom stereocenters. The zero-order valence-electron chi connectivity index (χ0n) is 13.1.